The van der Waals surface area contributed by atoms with Crippen molar-refractivity contribution < 1.29 is 0 Å². The molecule has 56 valence electrons. The first-order chi connectivity index (χ1) is 4.70. The minimum absolute atomic E-state index is 1.30. The van der Waals surface area contributed by atoms with Crippen LogP contribution in [0, 0.1) is 0 Å². The minimum Gasteiger partial charge on any atom is -0.0762 e. The first-order valence-corrected chi connectivity index (χ1v) is 4.03. The lowest BCUT2D eigenvalue weighted by molar-refractivity contribution is 0.898. The average Bonchev–Trinajstić information content (AvgIpc) is 2.15. The third-order valence-corrected chi connectivity index (χ3v) is 2.01. The van der Waals surface area contributed by atoms with Crippen LogP contribution < -0.4 is 0 Å². The van der Waals surface area contributed by atoms with Gasteiger partial charge in [0.05, 0.1) is 0 Å². The van der Waals surface area contributed by atoms with Gasteiger partial charge in [0.25, 0.3) is 0 Å². The lowest BCUT2D eigenvalue weighted by Crippen LogP contribution is -1.74. The van der Waals surface area contributed by atoms with Crippen LogP contribution in [0.3, 0.4) is 0 Å². The van der Waals surface area contributed by atoms with Crippen LogP contribution in [0.4, 0.5) is 0 Å². The predicted molar refractivity (Wildman–Crippen MR) is 46.0 cm³/mol. The molecule has 0 atom stereocenters. The van der Waals surface area contributed by atoms with E-state index in [4.69, 9.17) is 0 Å². The molecule has 0 spiro atoms. The molecule has 1 rings (SSSR count). The molecule has 0 aromatic rings. The van der Waals surface area contributed by atoms with E-state index in [0.717, 1.165) is 0 Å². The molecule has 1 aliphatic carbocycles. The van der Waals surface area contributed by atoms with Gasteiger partial charge in [0.2, 0.25) is 0 Å². The Hall–Kier alpha value is -0.520. The standard InChI is InChI=1S/C10H16/c1-8(2)7-10-6-4-5-9(10)3/h7H,4-6H2,1-3H3. The third-order valence-electron chi connectivity index (χ3n) is 2.01. The maximum absolute atomic E-state index is 2.32. The van der Waals surface area contributed by atoms with Crippen molar-refractivity contribution in [2.24, 2.45) is 0 Å². The maximum Gasteiger partial charge on any atom is -0.0276 e. The molecule has 10 heavy (non-hydrogen) atoms. The van der Waals surface area contributed by atoms with Gasteiger partial charge in [0, 0.05) is 0 Å². The summed E-state index contributed by atoms with van der Waals surface area (Å²) in [6, 6.07) is 0. The topological polar surface area (TPSA) is 0 Å². The van der Waals surface area contributed by atoms with E-state index in [9.17, 15) is 0 Å². The molecule has 1 aliphatic rings. The van der Waals surface area contributed by atoms with E-state index in [-0.39, 0.29) is 0 Å². The highest BCUT2D eigenvalue weighted by Gasteiger charge is 2.06. The summed E-state index contributed by atoms with van der Waals surface area (Å²) < 4.78 is 0. The highest BCUT2D eigenvalue weighted by molar-refractivity contribution is 5.30. The van der Waals surface area contributed by atoms with Crippen molar-refractivity contribution in [1.82, 2.24) is 0 Å². The fourth-order valence-electron chi connectivity index (χ4n) is 1.46. The second kappa shape index (κ2) is 3.05. The monoisotopic (exact) mass is 136 g/mol. The summed E-state index contributed by atoms with van der Waals surface area (Å²) in [7, 11) is 0. The Kier molecular flexibility index (Phi) is 2.31. The van der Waals surface area contributed by atoms with Crippen molar-refractivity contribution in [3.8, 4) is 0 Å². The van der Waals surface area contributed by atoms with Crippen LogP contribution in [0.5, 0.6) is 0 Å². The largest absolute Gasteiger partial charge is 0.0762 e. The minimum atomic E-state index is 1.30. The molecule has 0 aromatic carbocycles. The van der Waals surface area contributed by atoms with E-state index in [0.29, 0.717) is 0 Å². The predicted octanol–water partition coefficient (Wildman–Crippen LogP) is 3.45. The number of hydrogen-bond donors (Lipinski definition) is 0. The van der Waals surface area contributed by atoms with Gasteiger partial charge in [-0.25, -0.2) is 0 Å². The Balaban J connectivity index is 2.72. The van der Waals surface area contributed by atoms with Gasteiger partial charge in [-0.1, -0.05) is 17.2 Å². The molecule has 0 bridgehead atoms. The molecule has 0 saturated carbocycles. The molecular formula is C10H16. The molecular weight excluding hydrogens is 120 g/mol. The summed E-state index contributed by atoms with van der Waals surface area (Å²) in [5.74, 6) is 0. The summed E-state index contributed by atoms with van der Waals surface area (Å²) in [5.41, 5.74) is 4.61. The van der Waals surface area contributed by atoms with Crippen molar-refractivity contribution in [2.45, 2.75) is 40.0 Å². The number of rotatable bonds is 1. The zero-order valence-electron chi connectivity index (χ0n) is 7.20. The average molecular weight is 136 g/mol. The molecule has 0 aliphatic heterocycles. The zero-order chi connectivity index (χ0) is 7.56. The van der Waals surface area contributed by atoms with E-state index in [1.807, 2.05) is 0 Å². The van der Waals surface area contributed by atoms with Crippen molar-refractivity contribution in [1.29, 1.82) is 0 Å². The van der Waals surface area contributed by atoms with Gasteiger partial charge in [-0.3, -0.25) is 0 Å². The maximum atomic E-state index is 2.32. The Labute approximate surface area is 63.6 Å². The summed E-state index contributed by atoms with van der Waals surface area (Å²) in [4.78, 5) is 0. The SMILES string of the molecule is CC(C)=CC1=C(C)CCC1. The third kappa shape index (κ3) is 1.73. The van der Waals surface area contributed by atoms with Crippen molar-refractivity contribution in [3.63, 3.8) is 0 Å². The molecule has 0 amide bonds. The van der Waals surface area contributed by atoms with Crippen molar-refractivity contribution >= 4 is 0 Å². The van der Waals surface area contributed by atoms with E-state index < -0.39 is 0 Å². The smallest absolute Gasteiger partial charge is 0.0276 e. The van der Waals surface area contributed by atoms with Crippen LogP contribution in [-0.2, 0) is 0 Å². The lowest BCUT2D eigenvalue weighted by atomic mass is 10.1. The summed E-state index contributed by atoms with van der Waals surface area (Å²) in [5, 5.41) is 0. The molecule has 0 unspecified atom stereocenters. The Morgan fingerprint density at radius 2 is 2.00 bits per heavy atom. The van der Waals surface area contributed by atoms with Crippen LogP contribution in [0.2, 0.25) is 0 Å². The van der Waals surface area contributed by atoms with Crippen LogP contribution in [0.15, 0.2) is 22.8 Å². The number of hydrogen-bond acceptors (Lipinski definition) is 0. The van der Waals surface area contributed by atoms with Gasteiger partial charge in [0.1, 0.15) is 0 Å². The van der Waals surface area contributed by atoms with Gasteiger partial charge >= 0.3 is 0 Å². The van der Waals surface area contributed by atoms with E-state index in [1.54, 1.807) is 11.1 Å². The van der Waals surface area contributed by atoms with Crippen LogP contribution in [-0.4, -0.2) is 0 Å². The molecule has 0 fully saturated rings. The van der Waals surface area contributed by atoms with Gasteiger partial charge in [-0.2, -0.15) is 0 Å². The molecule has 0 aromatic heterocycles. The highest BCUT2D eigenvalue weighted by Crippen LogP contribution is 2.26. The highest BCUT2D eigenvalue weighted by atomic mass is 14.1. The summed E-state index contributed by atoms with van der Waals surface area (Å²) in [6.07, 6.45) is 6.31. The number of allylic oxidation sites excluding steroid dienone is 4. The fourth-order valence-corrected chi connectivity index (χ4v) is 1.46. The molecule has 0 nitrogen and oxygen atoms in total. The lowest BCUT2D eigenvalue weighted by Gasteiger charge is -1.95. The summed E-state index contributed by atoms with van der Waals surface area (Å²) >= 11 is 0. The van der Waals surface area contributed by atoms with E-state index >= 15 is 0 Å². The zero-order valence-corrected chi connectivity index (χ0v) is 7.20. The van der Waals surface area contributed by atoms with E-state index in [2.05, 4.69) is 26.8 Å². The van der Waals surface area contributed by atoms with Crippen LogP contribution in [0.1, 0.15) is 40.0 Å². The Bertz CT molecular complexity index is 178. The molecule has 0 N–H and O–H groups in total. The van der Waals surface area contributed by atoms with Gasteiger partial charge < -0.3 is 0 Å². The van der Waals surface area contributed by atoms with Crippen LogP contribution >= 0.6 is 0 Å². The molecule has 0 heteroatoms. The fraction of sp³-hybridized carbons (Fsp3) is 0.600. The Morgan fingerprint density at radius 3 is 2.40 bits per heavy atom. The first-order valence-electron chi connectivity index (χ1n) is 4.03. The van der Waals surface area contributed by atoms with Gasteiger partial charge in [0.15, 0.2) is 0 Å². The van der Waals surface area contributed by atoms with Crippen molar-refractivity contribution in [2.75, 3.05) is 0 Å². The van der Waals surface area contributed by atoms with E-state index in [1.165, 1.54) is 24.8 Å². The van der Waals surface area contributed by atoms with Gasteiger partial charge in [-0.15, -0.1) is 0 Å². The molecule has 0 radical (unpaired) electrons. The molecule has 0 heterocycles. The second-order valence-electron chi connectivity index (χ2n) is 3.38. The summed E-state index contributed by atoms with van der Waals surface area (Å²) in [6.45, 7) is 6.58. The van der Waals surface area contributed by atoms with Gasteiger partial charge in [-0.05, 0) is 45.6 Å². The quantitative estimate of drug-likeness (QED) is 0.518. The van der Waals surface area contributed by atoms with Crippen LogP contribution in [0.25, 0.3) is 0 Å². The second-order valence-corrected chi connectivity index (χ2v) is 3.38. The molecule has 0 saturated heterocycles. The first kappa shape index (κ1) is 7.59. The normalized spacial score (nSPS) is 17.9. The Morgan fingerprint density at radius 1 is 1.30 bits per heavy atom. The van der Waals surface area contributed by atoms with Crippen molar-refractivity contribution in [3.05, 3.63) is 22.8 Å².